The summed E-state index contributed by atoms with van der Waals surface area (Å²) >= 11 is 0. The Labute approximate surface area is 149 Å². The van der Waals surface area contributed by atoms with Gasteiger partial charge in [-0.1, -0.05) is 6.07 Å². The van der Waals surface area contributed by atoms with Gasteiger partial charge in [0.1, 0.15) is 17.7 Å². The van der Waals surface area contributed by atoms with Crippen LogP contribution < -0.4 is 16.4 Å². The molecule has 1 aliphatic rings. The Morgan fingerprint density at radius 2 is 1.92 bits per heavy atom. The number of alkyl halides is 3. The summed E-state index contributed by atoms with van der Waals surface area (Å²) in [5, 5.41) is 4.34. The van der Waals surface area contributed by atoms with Gasteiger partial charge in [0.2, 0.25) is 0 Å². The minimum Gasteiger partial charge on any atom is -0.444 e. The lowest BCUT2D eigenvalue weighted by Gasteiger charge is -2.32. The number of aryl methyl sites for hydroxylation is 1. The van der Waals surface area contributed by atoms with Gasteiger partial charge in [-0.3, -0.25) is 4.79 Å². The van der Waals surface area contributed by atoms with E-state index < -0.39 is 35.9 Å². The summed E-state index contributed by atoms with van der Waals surface area (Å²) < 4.78 is 42.7. The van der Waals surface area contributed by atoms with Gasteiger partial charge in [-0.25, -0.2) is 4.79 Å². The highest BCUT2D eigenvalue weighted by atomic mass is 19.4. The fraction of sp³-hybridized carbons (Fsp3) is 0.529. The molecule has 0 bridgehead atoms. The van der Waals surface area contributed by atoms with E-state index in [1.165, 1.54) is 6.07 Å². The van der Waals surface area contributed by atoms with Gasteiger partial charge >= 0.3 is 12.3 Å². The van der Waals surface area contributed by atoms with Gasteiger partial charge in [-0.2, -0.15) is 13.2 Å². The van der Waals surface area contributed by atoms with Crippen molar-refractivity contribution in [3.63, 3.8) is 0 Å². The van der Waals surface area contributed by atoms with E-state index in [4.69, 9.17) is 10.5 Å². The molecule has 9 heteroatoms. The molecule has 4 N–H and O–H groups in total. The molecule has 0 aliphatic heterocycles. The highest BCUT2D eigenvalue weighted by molar-refractivity contribution is 5.92. The van der Waals surface area contributed by atoms with Gasteiger partial charge in [-0.05, 0) is 56.9 Å². The Hall–Kier alpha value is -2.45. The zero-order chi connectivity index (χ0) is 19.8. The molecule has 2 amide bonds. The van der Waals surface area contributed by atoms with Crippen LogP contribution in [0.4, 0.5) is 23.7 Å². The van der Waals surface area contributed by atoms with Crippen molar-refractivity contribution in [1.82, 2.24) is 10.6 Å². The third kappa shape index (κ3) is 4.59. The molecule has 26 heavy (non-hydrogen) atoms. The smallest absolute Gasteiger partial charge is 0.408 e. The number of carbonyl (C=O) groups is 2. The molecule has 2 rings (SSSR count). The summed E-state index contributed by atoms with van der Waals surface area (Å²) in [6.07, 6.45) is -4.96. The maximum absolute atomic E-state index is 12.7. The molecule has 1 atom stereocenters. The van der Waals surface area contributed by atoms with E-state index in [1.807, 2.05) is 5.32 Å². The number of benzene rings is 1. The zero-order valence-corrected chi connectivity index (χ0v) is 14.8. The standard InChI is InChI=1S/C17H22F3N3O3/c1-15(2,3)26-14(25)23-16(13(24)22-9-17(18,19)20)7-6-10-8-11(21)4-5-12(10)16/h4-5,8H,6-7,9,21H2,1-3H3,(H,22,24)(H,23,25). The summed E-state index contributed by atoms with van der Waals surface area (Å²) in [5.41, 5.74) is 4.85. The number of hydrogen-bond acceptors (Lipinski definition) is 4. The molecule has 0 saturated carbocycles. The molecule has 0 radical (unpaired) electrons. The van der Waals surface area contributed by atoms with E-state index in [0.717, 1.165) is 0 Å². The Bertz CT molecular complexity index is 713. The van der Waals surface area contributed by atoms with Gasteiger partial charge in [0.05, 0.1) is 0 Å². The number of amides is 2. The van der Waals surface area contributed by atoms with E-state index in [0.29, 0.717) is 23.2 Å². The summed E-state index contributed by atoms with van der Waals surface area (Å²) in [6, 6.07) is 4.72. The minimum atomic E-state index is -4.56. The van der Waals surface area contributed by atoms with Gasteiger partial charge in [0, 0.05) is 5.69 Å². The molecular weight excluding hydrogens is 351 g/mol. The van der Waals surface area contributed by atoms with E-state index in [2.05, 4.69) is 5.32 Å². The molecule has 0 spiro atoms. The van der Waals surface area contributed by atoms with Crippen LogP contribution in [0.15, 0.2) is 18.2 Å². The molecule has 1 aromatic carbocycles. The molecule has 0 aromatic heterocycles. The number of fused-ring (bicyclic) bond motifs is 1. The average molecular weight is 373 g/mol. The molecule has 6 nitrogen and oxygen atoms in total. The lowest BCUT2D eigenvalue weighted by Crippen LogP contribution is -2.57. The molecular formula is C17H22F3N3O3. The Balaban J connectivity index is 2.35. The molecule has 144 valence electrons. The summed E-state index contributed by atoms with van der Waals surface area (Å²) in [7, 11) is 0. The second-order valence-corrected chi connectivity index (χ2v) is 7.25. The maximum atomic E-state index is 12.7. The normalized spacial score (nSPS) is 19.6. The van der Waals surface area contributed by atoms with Crippen molar-refractivity contribution in [3.8, 4) is 0 Å². The van der Waals surface area contributed by atoms with Crippen LogP contribution in [0.5, 0.6) is 0 Å². The fourth-order valence-corrected chi connectivity index (χ4v) is 2.93. The van der Waals surface area contributed by atoms with Crippen LogP contribution in [-0.2, 0) is 21.5 Å². The summed E-state index contributed by atoms with van der Waals surface area (Å²) in [4.78, 5) is 24.9. The largest absolute Gasteiger partial charge is 0.444 e. The van der Waals surface area contributed by atoms with Crippen LogP contribution in [-0.4, -0.2) is 30.3 Å². The van der Waals surface area contributed by atoms with Crippen molar-refractivity contribution < 1.29 is 27.5 Å². The number of carbonyl (C=O) groups excluding carboxylic acids is 2. The first-order valence-electron chi connectivity index (χ1n) is 8.07. The van der Waals surface area contributed by atoms with Crippen LogP contribution in [0.2, 0.25) is 0 Å². The first-order chi connectivity index (χ1) is 11.8. The van der Waals surface area contributed by atoms with Gasteiger partial charge in [0.25, 0.3) is 5.91 Å². The highest BCUT2D eigenvalue weighted by Crippen LogP contribution is 2.38. The predicted octanol–water partition coefficient (Wildman–Crippen LogP) is 2.61. The van der Waals surface area contributed by atoms with Crippen molar-refractivity contribution in [1.29, 1.82) is 0 Å². The van der Waals surface area contributed by atoms with Gasteiger partial charge in [0.15, 0.2) is 0 Å². The fourth-order valence-electron chi connectivity index (χ4n) is 2.93. The van der Waals surface area contributed by atoms with E-state index in [1.54, 1.807) is 32.9 Å². The average Bonchev–Trinajstić information content (AvgIpc) is 2.81. The number of nitrogens with two attached hydrogens (primary N) is 1. The number of nitrogen functional groups attached to an aromatic ring is 1. The molecule has 0 saturated heterocycles. The van der Waals surface area contributed by atoms with Crippen molar-refractivity contribution in [2.75, 3.05) is 12.3 Å². The molecule has 0 fully saturated rings. The summed E-state index contributed by atoms with van der Waals surface area (Å²) in [6.45, 7) is 3.44. The Morgan fingerprint density at radius 3 is 2.50 bits per heavy atom. The molecule has 1 aliphatic carbocycles. The second-order valence-electron chi connectivity index (χ2n) is 7.25. The topological polar surface area (TPSA) is 93.4 Å². The van der Waals surface area contributed by atoms with Crippen molar-refractivity contribution >= 4 is 17.7 Å². The number of hydrogen-bond donors (Lipinski definition) is 3. The van der Waals surface area contributed by atoms with Crippen molar-refractivity contribution in [2.24, 2.45) is 0 Å². The van der Waals surface area contributed by atoms with Crippen LogP contribution >= 0.6 is 0 Å². The predicted molar refractivity (Wildman–Crippen MR) is 89.3 cm³/mol. The third-order valence-corrected chi connectivity index (χ3v) is 3.91. The Kier molecular flexibility index (Phi) is 5.12. The molecule has 1 aromatic rings. The lowest BCUT2D eigenvalue weighted by atomic mass is 9.90. The number of halogens is 3. The zero-order valence-electron chi connectivity index (χ0n) is 14.8. The SMILES string of the molecule is CC(C)(C)OC(=O)NC1(C(=O)NCC(F)(F)F)CCc2cc(N)ccc21. The van der Waals surface area contributed by atoms with Gasteiger partial charge in [-0.15, -0.1) is 0 Å². The Morgan fingerprint density at radius 1 is 1.27 bits per heavy atom. The first kappa shape index (κ1) is 19.9. The van der Waals surface area contributed by atoms with E-state index in [9.17, 15) is 22.8 Å². The summed E-state index contributed by atoms with van der Waals surface area (Å²) in [5.74, 6) is -0.941. The monoisotopic (exact) mass is 373 g/mol. The number of rotatable bonds is 3. The number of alkyl carbamates (subject to hydrolysis) is 1. The maximum Gasteiger partial charge on any atom is 0.408 e. The van der Waals surface area contributed by atoms with Crippen molar-refractivity contribution in [2.45, 2.75) is 50.9 Å². The minimum absolute atomic E-state index is 0.106. The quantitative estimate of drug-likeness (QED) is 0.710. The third-order valence-electron chi connectivity index (χ3n) is 3.91. The highest BCUT2D eigenvalue weighted by Gasteiger charge is 2.48. The van der Waals surface area contributed by atoms with E-state index >= 15 is 0 Å². The van der Waals surface area contributed by atoms with Crippen LogP contribution in [0.1, 0.15) is 38.3 Å². The van der Waals surface area contributed by atoms with Crippen LogP contribution in [0, 0.1) is 0 Å². The van der Waals surface area contributed by atoms with E-state index in [-0.39, 0.29) is 6.42 Å². The van der Waals surface area contributed by atoms with Gasteiger partial charge < -0.3 is 21.1 Å². The second kappa shape index (κ2) is 6.69. The number of ether oxygens (including phenoxy) is 1. The van der Waals surface area contributed by atoms with Crippen LogP contribution in [0.25, 0.3) is 0 Å². The first-order valence-corrected chi connectivity index (χ1v) is 8.07. The molecule has 1 unspecified atom stereocenters. The van der Waals surface area contributed by atoms with Crippen molar-refractivity contribution in [3.05, 3.63) is 29.3 Å². The number of nitrogens with one attached hydrogen (secondary N) is 2. The number of anilines is 1. The lowest BCUT2D eigenvalue weighted by molar-refractivity contribution is -0.142. The molecule has 0 heterocycles. The van der Waals surface area contributed by atoms with Crippen LogP contribution in [0.3, 0.4) is 0 Å².